The lowest BCUT2D eigenvalue weighted by Crippen LogP contribution is -2.08. The molecule has 0 aromatic heterocycles. The van der Waals surface area contributed by atoms with Gasteiger partial charge in [-0.25, -0.2) is 0 Å². The number of para-hydroxylation sites is 2. The predicted octanol–water partition coefficient (Wildman–Crippen LogP) is 4.93. The Morgan fingerprint density at radius 3 is 1.30 bits per heavy atom. The molecule has 20 heavy (non-hydrogen) atoms. The molecule has 2 aromatic rings. The van der Waals surface area contributed by atoms with Gasteiger partial charge in [0.15, 0.2) is 0 Å². The van der Waals surface area contributed by atoms with Crippen LogP contribution >= 0.6 is 0 Å². The number of rotatable bonds is 5. The Labute approximate surface area is 121 Å². The maximum Gasteiger partial charge on any atom is 0.127 e. The second-order valence-electron chi connectivity index (χ2n) is 5.33. The largest absolute Gasteiger partial charge is 0.490 e. The van der Waals surface area contributed by atoms with E-state index >= 15 is 0 Å². The molecular formula is C18H22O2. The molecule has 0 amide bonds. The van der Waals surface area contributed by atoms with Crippen molar-refractivity contribution in [1.29, 1.82) is 0 Å². The quantitative estimate of drug-likeness (QED) is 0.767. The van der Waals surface area contributed by atoms with Crippen LogP contribution < -0.4 is 9.47 Å². The summed E-state index contributed by atoms with van der Waals surface area (Å²) in [6.45, 7) is 8.14. The highest BCUT2D eigenvalue weighted by Crippen LogP contribution is 2.36. The molecule has 0 aliphatic heterocycles. The number of hydrogen-bond donors (Lipinski definition) is 0. The summed E-state index contributed by atoms with van der Waals surface area (Å²) in [7, 11) is 0. The maximum absolute atomic E-state index is 5.90. The first-order chi connectivity index (χ1) is 9.58. The number of ether oxygens (including phenoxy) is 2. The summed E-state index contributed by atoms with van der Waals surface area (Å²) in [6.07, 6.45) is 0.295. The van der Waals surface area contributed by atoms with Crippen LogP contribution in [0.5, 0.6) is 11.5 Å². The van der Waals surface area contributed by atoms with Gasteiger partial charge in [-0.15, -0.1) is 0 Å². The smallest absolute Gasteiger partial charge is 0.127 e. The van der Waals surface area contributed by atoms with Gasteiger partial charge in [-0.1, -0.05) is 36.4 Å². The zero-order chi connectivity index (χ0) is 14.5. The van der Waals surface area contributed by atoms with Crippen molar-refractivity contribution in [3.63, 3.8) is 0 Å². The Kier molecular flexibility index (Phi) is 4.67. The second kappa shape index (κ2) is 6.47. The van der Waals surface area contributed by atoms with E-state index in [1.54, 1.807) is 0 Å². The molecule has 0 saturated heterocycles. The first kappa shape index (κ1) is 14.4. The fraction of sp³-hybridized carbons (Fsp3) is 0.333. The van der Waals surface area contributed by atoms with Crippen molar-refractivity contribution < 1.29 is 9.47 Å². The first-order valence-corrected chi connectivity index (χ1v) is 7.09. The van der Waals surface area contributed by atoms with E-state index in [-0.39, 0.29) is 12.2 Å². The van der Waals surface area contributed by atoms with E-state index < -0.39 is 0 Å². The molecule has 0 radical (unpaired) electrons. The van der Waals surface area contributed by atoms with Crippen LogP contribution in [-0.4, -0.2) is 12.2 Å². The summed E-state index contributed by atoms with van der Waals surface area (Å²) in [4.78, 5) is 0. The van der Waals surface area contributed by atoms with Crippen LogP contribution in [0.15, 0.2) is 48.5 Å². The van der Waals surface area contributed by atoms with Crippen LogP contribution in [0.4, 0.5) is 0 Å². The normalized spacial score (nSPS) is 10.9. The van der Waals surface area contributed by atoms with Gasteiger partial charge in [0.1, 0.15) is 11.5 Å². The van der Waals surface area contributed by atoms with Crippen LogP contribution in [0.2, 0.25) is 0 Å². The second-order valence-corrected chi connectivity index (χ2v) is 5.33. The summed E-state index contributed by atoms with van der Waals surface area (Å²) in [5.74, 6) is 1.78. The molecule has 0 unspecified atom stereocenters. The summed E-state index contributed by atoms with van der Waals surface area (Å²) in [6, 6.07) is 16.2. The van der Waals surface area contributed by atoms with E-state index in [4.69, 9.17) is 9.47 Å². The Morgan fingerprint density at radius 1 is 0.600 bits per heavy atom. The average molecular weight is 270 g/mol. The van der Waals surface area contributed by atoms with Gasteiger partial charge >= 0.3 is 0 Å². The van der Waals surface area contributed by atoms with Crippen molar-refractivity contribution in [2.24, 2.45) is 0 Å². The molecule has 0 saturated carbocycles. The molecular weight excluding hydrogens is 248 g/mol. The lowest BCUT2D eigenvalue weighted by molar-refractivity contribution is 0.239. The lowest BCUT2D eigenvalue weighted by atomic mass is 10.0. The first-order valence-electron chi connectivity index (χ1n) is 7.09. The maximum atomic E-state index is 5.90. The summed E-state index contributed by atoms with van der Waals surface area (Å²) in [5.41, 5.74) is 2.13. The molecule has 2 aromatic carbocycles. The standard InChI is InChI=1S/C18H22O2/c1-13(2)19-17-11-7-5-9-15(17)16-10-6-8-12-18(16)20-14(3)4/h5-14H,1-4H3. The van der Waals surface area contributed by atoms with E-state index in [1.165, 1.54) is 0 Å². The van der Waals surface area contributed by atoms with Crippen molar-refractivity contribution in [3.8, 4) is 22.6 Å². The topological polar surface area (TPSA) is 18.5 Å². The van der Waals surface area contributed by atoms with Crippen LogP contribution in [-0.2, 0) is 0 Å². The molecule has 2 nitrogen and oxygen atoms in total. The molecule has 0 aliphatic rings. The molecule has 0 aliphatic carbocycles. The van der Waals surface area contributed by atoms with Gasteiger partial charge in [-0.3, -0.25) is 0 Å². The van der Waals surface area contributed by atoms with E-state index in [9.17, 15) is 0 Å². The minimum Gasteiger partial charge on any atom is -0.490 e. The van der Waals surface area contributed by atoms with E-state index in [0.29, 0.717) is 0 Å². The summed E-state index contributed by atoms with van der Waals surface area (Å²) >= 11 is 0. The molecule has 0 bridgehead atoms. The van der Waals surface area contributed by atoms with Crippen molar-refractivity contribution in [3.05, 3.63) is 48.5 Å². The Morgan fingerprint density at radius 2 is 0.950 bits per heavy atom. The predicted molar refractivity (Wildman–Crippen MR) is 83.4 cm³/mol. The Balaban J connectivity index is 2.46. The summed E-state index contributed by atoms with van der Waals surface area (Å²) < 4.78 is 11.8. The van der Waals surface area contributed by atoms with Gasteiger partial charge in [0.25, 0.3) is 0 Å². The Hall–Kier alpha value is -1.96. The van der Waals surface area contributed by atoms with E-state index in [1.807, 2.05) is 64.1 Å². The average Bonchev–Trinajstić information content (AvgIpc) is 2.39. The molecule has 0 N–H and O–H groups in total. The van der Waals surface area contributed by atoms with Gasteiger partial charge < -0.3 is 9.47 Å². The minimum absolute atomic E-state index is 0.148. The fourth-order valence-electron chi connectivity index (χ4n) is 2.09. The highest BCUT2D eigenvalue weighted by atomic mass is 16.5. The van der Waals surface area contributed by atoms with E-state index in [2.05, 4.69) is 12.1 Å². The zero-order valence-electron chi connectivity index (χ0n) is 12.6. The van der Waals surface area contributed by atoms with Gasteiger partial charge in [0.05, 0.1) is 12.2 Å². The van der Waals surface area contributed by atoms with Crippen molar-refractivity contribution >= 4 is 0 Å². The molecule has 0 fully saturated rings. The highest BCUT2D eigenvalue weighted by molar-refractivity contribution is 5.75. The SMILES string of the molecule is CC(C)Oc1ccccc1-c1ccccc1OC(C)C. The van der Waals surface area contributed by atoms with Crippen molar-refractivity contribution in [2.45, 2.75) is 39.9 Å². The van der Waals surface area contributed by atoms with Crippen LogP contribution in [0.3, 0.4) is 0 Å². The zero-order valence-corrected chi connectivity index (χ0v) is 12.6. The molecule has 0 heterocycles. The van der Waals surface area contributed by atoms with Gasteiger partial charge in [-0.05, 0) is 39.8 Å². The Bertz CT molecular complexity index is 507. The van der Waals surface area contributed by atoms with Crippen LogP contribution in [0, 0.1) is 0 Å². The molecule has 0 spiro atoms. The third-order valence-corrected chi connectivity index (χ3v) is 2.79. The number of hydrogen-bond acceptors (Lipinski definition) is 2. The van der Waals surface area contributed by atoms with Gasteiger partial charge in [0, 0.05) is 11.1 Å². The molecule has 2 rings (SSSR count). The monoisotopic (exact) mass is 270 g/mol. The van der Waals surface area contributed by atoms with Gasteiger partial charge in [0.2, 0.25) is 0 Å². The van der Waals surface area contributed by atoms with Crippen molar-refractivity contribution in [2.75, 3.05) is 0 Å². The molecule has 2 heteroatoms. The van der Waals surface area contributed by atoms with Gasteiger partial charge in [-0.2, -0.15) is 0 Å². The fourth-order valence-corrected chi connectivity index (χ4v) is 2.09. The minimum atomic E-state index is 0.148. The highest BCUT2D eigenvalue weighted by Gasteiger charge is 2.12. The third-order valence-electron chi connectivity index (χ3n) is 2.79. The van der Waals surface area contributed by atoms with Crippen molar-refractivity contribution in [1.82, 2.24) is 0 Å². The molecule has 0 atom stereocenters. The van der Waals surface area contributed by atoms with Crippen LogP contribution in [0.25, 0.3) is 11.1 Å². The molecule has 106 valence electrons. The summed E-state index contributed by atoms with van der Waals surface area (Å²) in [5, 5.41) is 0. The van der Waals surface area contributed by atoms with Crippen LogP contribution in [0.1, 0.15) is 27.7 Å². The number of benzene rings is 2. The lowest BCUT2D eigenvalue weighted by Gasteiger charge is -2.18. The third kappa shape index (κ3) is 3.53. The van der Waals surface area contributed by atoms with E-state index in [0.717, 1.165) is 22.6 Å².